The molecule has 2 heterocycles. The Kier molecular flexibility index (Phi) is 11.6. The third kappa shape index (κ3) is 9.61. The predicted octanol–water partition coefficient (Wildman–Crippen LogP) is 8.07. The number of piperazine rings is 1. The zero-order valence-electron chi connectivity index (χ0n) is 29.0. The molecule has 52 heavy (non-hydrogen) atoms. The number of aromatic nitrogens is 1. The number of aryl methyl sites for hydroxylation is 1. The zero-order valence-corrected chi connectivity index (χ0v) is 29.0. The molecule has 0 spiro atoms. The van der Waals surface area contributed by atoms with E-state index in [-0.39, 0.29) is 12.5 Å². The standard InChI is InChI=1S/C43H41F3N4O2/c1-32-8-7-11-36(28-32)30-48-24-26-49(27-25-48)42(52)40(29-34-9-3-2-4-10-34)50(31-35-13-18-37(19-14-35)39-12-5-6-23-47-39)41(51)22-17-33-15-20-38(21-16-33)43(44,45)46/h2-23,28,40H,24-27,29-31H2,1H3/b22-17+/t40-/m0/s1. The average Bonchev–Trinajstić information content (AvgIpc) is 3.16. The maximum Gasteiger partial charge on any atom is 0.416 e. The summed E-state index contributed by atoms with van der Waals surface area (Å²) in [5, 5.41) is 0. The van der Waals surface area contributed by atoms with Crippen molar-refractivity contribution in [2.75, 3.05) is 26.2 Å². The fourth-order valence-electron chi connectivity index (χ4n) is 6.47. The second kappa shape index (κ2) is 16.7. The molecule has 0 aliphatic carbocycles. The third-order valence-corrected chi connectivity index (χ3v) is 9.31. The van der Waals surface area contributed by atoms with Crippen LogP contribution < -0.4 is 0 Å². The highest BCUT2D eigenvalue weighted by atomic mass is 19.4. The van der Waals surface area contributed by atoms with Crippen molar-refractivity contribution in [3.63, 3.8) is 0 Å². The molecule has 6 nitrogen and oxygen atoms in total. The van der Waals surface area contributed by atoms with Crippen LogP contribution in [0.3, 0.4) is 0 Å². The zero-order chi connectivity index (χ0) is 36.5. The first-order valence-electron chi connectivity index (χ1n) is 17.4. The SMILES string of the molecule is Cc1cccc(CN2CCN(C(=O)[C@H](Cc3ccccc3)N(Cc3ccc(-c4ccccn4)cc3)C(=O)/C=C/c3ccc(C(F)(F)F)cc3)CC2)c1. The van der Waals surface area contributed by atoms with Gasteiger partial charge in [-0.15, -0.1) is 0 Å². The summed E-state index contributed by atoms with van der Waals surface area (Å²) in [7, 11) is 0. The van der Waals surface area contributed by atoms with E-state index in [0.717, 1.165) is 41.1 Å². The molecule has 0 saturated carbocycles. The van der Waals surface area contributed by atoms with Crippen LogP contribution in [0.2, 0.25) is 0 Å². The Morgan fingerprint density at radius 2 is 1.48 bits per heavy atom. The molecule has 1 aliphatic heterocycles. The predicted molar refractivity (Wildman–Crippen MR) is 198 cm³/mol. The van der Waals surface area contributed by atoms with E-state index < -0.39 is 23.7 Å². The van der Waals surface area contributed by atoms with Gasteiger partial charge in [0.05, 0.1) is 11.3 Å². The number of carbonyl (C=O) groups is 2. The first kappa shape index (κ1) is 36.3. The monoisotopic (exact) mass is 702 g/mol. The summed E-state index contributed by atoms with van der Waals surface area (Å²) in [6, 6.07) is 35.3. The molecule has 1 aliphatic rings. The molecular weight excluding hydrogens is 661 g/mol. The minimum atomic E-state index is -4.46. The van der Waals surface area contributed by atoms with Gasteiger partial charge in [-0.3, -0.25) is 19.5 Å². The maximum atomic E-state index is 14.6. The fraction of sp³-hybridized carbons (Fsp3) is 0.233. The number of alkyl halides is 3. The largest absolute Gasteiger partial charge is 0.416 e. The van der Waals surface area contributed by atoms with Gasteiger partial charge in [0, 0.05) is 63.5 Å². The number of amides is 2. The smallest absolute Gasteiger partial charge is 0.338 e. The van der Waals surface area contributed by atoms with Crippen LogP contribution in [0.4, 0.5) is 13.2 Å². The van der Waals surface area contributed by atoms with E-state index in [1.165, 1.54) is 35.4 Å². The average molecular weight is 703 g/mol. The number of hydrogen-bond donors (Lipinski definition) is 0. The minimum absolute atomic E-state index is 0.138. The van der Waals surface area contributed by atoms with Crippen LogP contribution in [0.15, 0.2) is 134 Å². The van der Waals surface area contributed by atoms with Crippen molar-refractivity contribution in [1.82, 2.24) is 19.7 Å². The van der Waals surface area contributed by atoms with Crippen molar-refractivity contribution in [2.45, 2.75) is 38.7 Å². The normalized spacial score (nSPS) is 14.3. The number of nitrogens with zero attached hydrogens (tertiary/aromatic N) is 4. The van der Waals surface area contributed by atoms with Gasteiger partial charge >= 0.3 is 6.18 Å². The van der Waals surface area contributed by atoms with Crippen molar-refractivity contribution >= 4 is 17.9 Å². The number of hydrogen-bond acceptors (Lipinski definition) is 4. The van der Waals surface area contributed by atoms with Gasteiger partial charge in [-0.25, -0.2) is 0 Å². The van der Waals surface area contributed by atoms with Gasteiger partial charge in [-0.05, 0) is 59.5 Å². The van der Waals surface area contributed by atoms with E-state index in [1.54, 1.807) is 11.1 Å². The molecule has 0 N–H and O–H groups in total. The molecule has 5 aromatic rings. The molecule has 0 bridgehead atoms. The molecule has 2 amide bonds. The van der Waals surface area contributed by atoms with Gasteiger partial charge in [-0.1, -0.05) is 103 Å². The summed E-state index contributed by atoms with van der Waals surface area (Å²) in [5.41, 5.74) is 5.59. The van der Waals surface area contributed by atoms with Gasteiger partial charge in [-0.2, -0.15) is 13.2 Å². The Morgan fingerprint density at radius 3 is 2.13 bits per heavy atom. The molecular formula is C43H41F3N4O2. The quantitative estimate of drug-likeness (QED) is 0.131. The molecule has 1 saturated heterocycles. The molecule has 1 fully saturated rings. The summed E-state index contributed by atoms with van der Waals surface area (Å²) in [5.74, 6) is -0.554. The van der Waals surface area contributed by atoms with E-state index in [2.05, 4.69) is 41.1 Å². The highest BCUT2D eigenvalue weighted by Crippen LogP contribution is 2.29. The van der Waals surface area contributed by atoms with Crippen molar-refractivity contribution in [3.8, 4) is 11.3 Å². The van der Waals surface area contributed by atoms with Crippen LogP contribution in [-0.2, 0) is 35.3 Å². The lowest BCUT2D eigenvalue weighted by molar-refractivity contribution is -0.145. The van der Waals surface area contributed by atoms with Crippen LogP contribution in [-0.4, -0.2) is 63.7 Å². The molecule has 266 valence electrons. The summed E-state index contributed by atoms with van der Waals surface area (Å²) >= 11 is 0. The van der Waals surface area contributed by atoms with Crippen LogP contribution in [0.5, 0.6) is 0 Å². The minimum Gasteiger partial charge on any atom is -0.338 e. The van der Waals surface area contributed by atoms with Crippen molar-refractivity contribution in [1.29, 1.82) is 0 Å². The molecule has 0 unspecified atom stereocenters. The van der Waals surface area contributed by atoms with E-state index in [4.69, 9.17) is 0 Å². The van der Waals surface area contributed by atoms with E-state index in [0.29, 0.717) is 38.2 Å². The fourth-order valence-corrected chi connectivity index (χ4v) is 6.47. The van der Waals surface area contributed by atoms with Crippen molar-refractivity contribution in [3.05, 3.63) is 167 Å². The van der Waals surface area contributed by atoms with Gasteiger partial charge in [0.2, 0.25) is 11.8 Å². The number of pyridine rings is 1. The molecule has 0 radical (unpaired) electrons. The third-order valence-electron chi connectivity index (χ3n) is 9.31. The second-order valence-corrected chi connectivity index (χ2v) is 13.1. The Morgan fingerprint density at radius 1 is 0.788 bits per heavy atom. The van der Waals surface area contributed by atoms with Gasteiger partial charge < -0.3 is 9.80 Å². The Balaban J connectivity index is 1.27. The molecule has 1 atom stereocenters. The lowest BCUT2D eigenvalue weighted by atomic mass is 10.0. The van der Waals surface area contributed by atoms with Gasteiger partial charge in [0.25, 0.3) is 0 Å². The van der Waals surface area contributed by atoms with Crippen LogP contribution in [0.25, 0.3) is 17.3 Å². The molecule has 6 rings (SSSR count). The Hall–Kier alpha value is -5.54. The number of benzene rings is 4. The highest BCUT2D eigenvalue weighted by Gasteiger charge is 2.34. The maximum absolute atomic E-state index is 14.6. The highest BCUT2D eigenvalue weighted by molar-refractivity contribution is 5.95. The van der Waals surface area contributed by atoms with E-state index >= 15 is 0 Å². The number of rotatable bonds is 11. The van der Waals surface area contributed by atoms with Crippen LogP contribution in [0, 0.1) is 6.92 Å². The van der Waals surface area contributed by atoms with E-state index in [9.17, 15) is 22.8 Å². The first-order chi connectivity index (χ1) is 25.1. The topological polar surface area (TPSA) is 56.8 Å². The Bertz CT molecular complexity index is 1960. The molecule has 9 heteroatoms. The summed E-state index contributed by atoms with van der Waals surface area (Å²) in [4.78, 5) is 39.0. The Labute approximate surface area is 302 Å². The van der Waals surface area contributed by atoms with Gasteiger partial charge in [0.15, 0.2) is 0 Å². The first-order valence-corrected chi connectivity index (χ1v) is 17.4. The summed E-state index contributed by atoms with van der Waals surface area (Å²) < 4.78 is 39.5. The van der Waals surface area contributed by atoms with Crippen LogP contribution in [0.1, 0.15) is 33.4 Å². The lowest BCUT2D eigenvalue weighted by Gasteiger charge is -2.39. The summed E-state index contributed by atoms with van der Waals surface area (Å²) in [6.07, 6.45) is 0.408. The van der Waals surface area contributed by atoms with Crippen molar-refractivity contribution < 1.29 is 22.8 Å². The summed E-state index contributed by atoms with van der Waals surface area (Å²) in [6.45, 7) is 5.48. The van der Waals surface area contributed by atoms with E-state index in [1.807, 2.05) is 77.7 Å². The van der Waals surface area contributed by atoms with Gasteiger partial charge in [0.1, 0.15) is 6.04 Å². The second-order valence-electron chi connectivity index (χ2n) is 13.1. The molecule has 4 aromatic carbocycles. The lowest BCUT2D eigenvalue weighted by Crippen LogP contribution is -2.56. The number of halogens is 3. The molecule has 1 aromatic heterocycles. The van der Waals surface area contributed by atoms with Crippen molar-refractivity contribution in [2.24, 2.45) is 0 Å². The number of carbonyl (C=O) groups excluding carboxylic acids is 2. The van der Waals surface area contributed by atoms with Crippen LogP contribution >= 0.6 is 0 Å².